The minimum atomic E-state index is -3.57. The fraction of sp³-hybridized carbons (Fsp3) is 0.333. The van der Waals surface area contributed by atoms with Gasteiger partial charge in [-0.2, -0.15) is 4.31 Å². The first-order valence-electron chi connectivity index (χ1n) is 10.7. The number of aromatic nitrogens is 1. The molecule has 3 aromatic rings. The molecule has 8 heteroatoms. The van der Waals surface area contributed by atoms with E-state index in [9.17, 15) is 13.2 Å². The molecule has 1 aliphatic heterocycles. The fourth-order valence-corrected chi connectivity index (χ4v) is 5.97. The van der Waals surface area contributed by atoms with E-state index in [1.54, 1.807) is 23.4 Å². The Kier molecular flexibility index (Phi) is 6.17. The molecule has 0 aliphatic carbocycles. The normalized spacial score (nSPS) is 19.6. The molecule has 7 nitrogen and oxygen atoms in total. The van der Waals surface area contributed by atoms with Crippen LogP contribution in [0.15, 0.2) is 64.0 Å². The molecule has 0 radical (unpaired) electrons. The number of amides is 1. The topological polar surface area (TPSA) is 92.5 Å². The van der Waals surface area contributed by atoms with Crippen molar-refractivity contribution in [3.8, 4) is 11.3 Å². The van der Waals surface area contributed by atoms with Gasteiger partial charge in [0, 0.05) is 24.3 Å². The van der Waals surface area contributed by atoms with Crippen molar-refractivity contribution < 1.29 is 17.7 Å². The van der Waals surface area contributed by atoms with E-state index in [0.717, 1.165) is 12.0 Å². The molecule has 1 saturated heterocycles. The number of carbonyl (C=O) groups is 1. The largest absolute Gasteiger partial charge is 0.360 e. The highest BCUT2D eigenvalue weighted by atomic mass is 32.2. The van der Waals surface area contributed by atoms with Gasteiger partial charge in [-0.3, -0.25) is 4.79 Å². The van der Waals surface area contributed by atoms with Gasteiger partial charge in [-0.15, -0.1) is 0 Å². The first-order chi connectivity index (χ1) is 15.3. The van der Waals surface area contributed by atoms with Gasteiger partial charge in [-0.1, -0.05) is 49.3 Å². The summed E-state index contributed by atoms with van der Waals surface area (Å²) in [5.74, 6) is 0.709. The Hall–Kier alpha value is -2.97. The number of aryl methyl sites for hydroxylation is 1. The molecular weight excluding hydrogens is 426 g/mol. The number of piperidine rings is 1. The summed E-state index contributed by atoms with van der Waals surface area (Å²) in [7, 11) is -3.57. The summed E-state index contributed by atoms with van der Waals surface area (Å²) < 4.78 is 32.9. The second-order valence-corrected chi connectivity index (χ2v) is 10.5. The van der Waals surface area contributed by atoms with E-state index in [-0.39, 0.29) is 10.8 Å². The first kappa shape index (κ1) is 22.2. The van der Waals surface area contributed by atoms with Crippen molar-refractivity contribution in [1.82, 2.24) is 9.46 Å². The molecule has 2 atom stereocenters. The number of rotatable bonds is 5. The Morgan fingerprint density at radius 1 is 1.03 bits per heavy atom. The van der Waals surface area contributed by atoms with Gasteiger partial charge in [0.25, 0.3) is 5.91 Å². The molecule has 1 aromatic heterocycles. The maximum atomic E-state index is 13.1. The van der Waals surface area contributed by atoms with Gasteiger partial charge >= 0.3 is 0 Å². The van der Waals surface area contributed by atoms with Crippen LogP contribution in [0.25, 0.3) is 11.3 Å². The van der Waals surface area contributed by atoms with Crippen molar-refractivity contribution in [2.24, 2.45) is 11.8 Å². The Balaban J connectivity index is 1.53. The maximum absolute atomic E-state index is 13.1. The summed E-state index contributed by atoms with van der Waals surface area (Å²) in [5, 5.41) is 6.86. The van der Waals surface area contributed by atoms with Crippen LogP contribution in [0, 0.1) is 18.8 Å². The standard InChI is InChI=1S/C24H27N3O4S/c1-16-13-17(2)15-27(14-16)32(29,30)21-11-9-20(10-12-21)25-24(28)22-18(3)31-26-23(22)19-7-5-4-6-8-19/h4-12,16-17H,13-15H2,1-3H3,(H,25,28)/t16-,17-/m1/s1. The van der Waals surface area contributed by atoms with Crippen LogP contribution in [0.4, 0.5) is 5.69 Å². The Labute approximate surface area is 188 Å². The minimum absolute atomic E-state index is 0.225. The molecule has 0 spiro atoms. The van der Waals surface area contributed by atoms with Crippen molar-refractivity contribution in [3.63, 3.8) is 0 Å². The zero-order valence-corrected chi connectivity index (χ0v) is 19.2. The van der Waals surface area contributed by atoms with Crippen LogP contribution in [0.3, 0.4) is 0 Å². The summed E-state index contributed by atoms with van der Waals surface area (Å²) in [6.07, 6.45) is 1.03. The molecule has 0 unspecified atom stereocenters. The summed E-state index contributed by atoms with van der Waals surface area (Å²) in [6.45, 7) is 6.89. The lowest BCUT2D eigenvalue weighted by molar-refractivity contribution is 0.102. The Morgan fingerprint density at radius 2 is 1.66 bits per heavy atom. The number of sulfonamides is 1. The second-order valence-electron chi connectivity index (χ2n) is 8.57. The quantitative estimate of drug-likeness (QED) is 0.611. The van der Waals surface area contributed by atoms with Gasteiger partial charge < -0.3 is 9.84 Å². The SMILES string of the molecule is Cc1onc(-c2ccccc2)c1C(=O)Nc1ccc(S(=O)(=O)N2C[C@H](C)C[C@@H](C)C2)cc1. The average molecular weight is 454 g/mol. The minimum Gasteiger partial charge on any atom is -0.360 e. The van der Waals surface area contributed by atoms with Crippen LogP contribution in [0.2, 0.25) is 0 Å². The van der Waals surface area contributed by atoms with Crippen molar-refractivity contribution in [2.45, 2.75) is 32.1 Å². The Bertz CT molecular complexity index is 1190. The number of nitrogens with zero attached hydrogens (tertiary/aromatic N) is 2. The lowest BCUT2D eigenvalue weighted by Crippen LogP contribution is -2.42. The Morgan fingerprint density at radius 3 is 2.28 bits per heavy atom. The summed E-state index contributed by atoms with van der Waals surface area (Å²) in [5.41, 5.74) is 2.09. The molecule has 32 heavy (non-hydrogen) atoms. The van der Waals surface area contributed by atoms with E-state index in [0.29, 0.717) is 47.6 Å². The molecule has 4 rings (SSSR count). The third kappa shape index (κ3) is 4.47. The van der Waals surface area contributed by atoms with Crippen LogP contribution in [0.5, 0.6) is 0 Å². The third-order valence-corrected chi connectivity index (χ3v) is 7.57. The van der Waals surface area contributed by atoms with E-state index < -0.39 is 10.0 Å². The number of anilines is 1. The van der Waals surface area contributed by atoms with Crippen molar-refractivity contribution in [2.75, 3.05) is 18.4 Å². The molecule has 2 aromatic carbocycles. The van der Waals surface area contributed by atoms with Crippen molar-refractivity contribution in [3.05, 3.63) is 65.9 Å². The maximum Gasteiger partial charge on any atom is 0.261 e. The smallest absolute Gasteiger partial charge is 0.261 e. The average Bonchev–Trinajstić information content (AvgIpc) is 3.15. The van der Waals surface area contributed by atoms with Gasteiger partial charge in [0.05, 0.1) is 4.90 Å². The molecule has 0 saturated carbocycles. The van der Waals surface area contributed by atoms with E-state index in [2.05, 4.69) is 24.3 Å². The highest BCUT2D eigenvalue weighted by Gasteiger charge is 2.31. The van der Waals surface area contributed by atoms with Crippen LogP contribution < -0.4 is 5.32 Å². The van der Waals surface area contributed by atoms with E-state index in [1.165, 1.54) is 12.1 Å². The number of hydrogen-bond donors (Lipinski definition) is 1. The molecule has 1 amide bonds. The van der Waals surface area contributed by atoms with Crippen LogP contribution in [0.1, 0.15) is 36.4 Å². The molecule has 1 aliphatic rings. The molecule has 168 valence electrons. The van der Waals surface area contributed by atoms with Gasteiger partial charge in [-0.25, -0.2) is 8.42 Å². The number of benzene rings is 2. The monoisotopic (exact) mass is 453 g/mol. The summed E-state index contributed by atoms with van der Waals surface area (Å²) in [4.78, 5) is 13.2. The predicted molar refractivity (Wildman–Crippen MR) is 123 cm³/mol. The number of carbonyl (C=O) groups excluding carboxylic acids is 1. The van der Waals surface area contributed by atoms with Gasteiger partial charge in [-0.05, 0) is 49.4 Å². The molecule has 2 heterocycles. The van der Waals surface area contributed by atoms with E-state index in [1.807, 2.05) is 30.3 Å². The zero-order chi connectivity index (χ0) is 22.9. The lowest BCUT2D eigenvalue weighted by Gasteiger charge is -2.34. The third-order valence-electron chi connectivity index (χ3n) is 5.72. The summed E-state index contributed by atoms with van der Waals surface area (Å²) in [6, 6.07) is 15.6. The molecule has 1 N–H and O–H groups in total. The highest BCUT2D eigenvalue weighted by Crippen LogP contribution is 2.28. The van der Waals surface area contributed by atoms with Crippen LogP contribution >= 0.6 is 0 Å². The highest BCUT2D eigenvalue weighted by molar-refractivity contribution is 7.89. The second kappa shape index (κ2) is 8.88. The van der Waals surface area contributed by atoms with Gasteiger partial charge in [0.15, 0.2) is 0 Å². The molecule has 0 bridgehead atoms. The van der Waals surface area contributed by atoms with Crippen LogP contribution in [-0.2, 0) is 10.0 Å². The fourth-order valence-electron chi connectivity index (χ4n) is 4.29. The summed E-state index contributed by atoms with van der Waals surface area (Å²) >= 11 is 0. The zero-order valence-electron chi connectivity index (χ0n) is 18.4. The molecular formula is C24H27N3O4S. The van der Waals surface area contributed by atoms with Gasteiger partial charge in [0.2, 0.25) is 10.0 Å². The van der Waals surface area contributed by atoms with Crippen LogP contribution in [-0.4, -0.2) is 36.9 Å². The van der Waals surface area contributed by atoms with E-state index >= 15 is 0 Å². The van der Waals surface area contributed by atoms with Crippen molar-refractivity contribution in [1.29, 1.82) is 0 Å². The van der Waals surface area contributed by atoms with E-state index in [4.69, 9.17) is 4.52 Å². The number of nitrogens with one attached hydrogen (secondary N) is 1. The van der Waals surface area contributed by atoms with Crippen molar-refractivity contribution >= 4 is 21.6 Å². The molecule has 1 fully saturated rings. The number of hydrogen-bond acceptors (Lipinski definition) is 5. The lowest BCUT2D eigenvalue weighted by atomic mass is 9.94. The first-order valence-corrected chi connectivity index (χ1v) is 12.1. The predicted octanol–water partition coefficient (Wildman–Crippen LogP) is 4.57. The van der Waals surface area contributed by atoms with Gasteiger partial charge in [0.1, 0.15) is 17.0 Å².